The number of rotatable bonds is 8. The number of phenolic OH excluding ortho intramolecular Hbond substituents is 1. The summed E-state index contributed by atoms with van der Waals surface area (Å²) in [6.45, 7) is 11.3. The number of nitrogens with one attached hydrogen (secondary N) is 3. The first-order valence-electron chi connectivity index (χ1n) is 27.5. The number of benzene rings is 3. The molecule has 8 rings (SSSR count). The highest BCUT2D eigenvalue weighted by atomic mass is 16.3. The van der Waals surface area contributed by atoms with Gasteiger partial charge in [0.15, 0.2) is 5.78 Å². The van der Waals surface area contributed by atoms with Gasteiger partial charge in [-0.3, -0.25) is 14.9 Å². The Hall–Kier alpha value is -6.19. The van der Waals surface area contributed by atoms with Gasteiger partial charge in [-0.15, -0.1) is 0 Å². The zero-order valence-corrected chi connectivity index (χ0v) is 45.5. The van der Waals surface area contributed by atoms with E-state index in [2.05, 4.69) is 39.5 Å². The maximum absolute atomic E-state index is 15.1. The number of nitrogens with zero attached hydrogens (tertiary/aromatic N) is 1. The van der Waals surface area contributed by atoms with Crippen LogP contribution in [0.1, 0.15) is 131 Å². The minimum absolute atomic E-state index is 0.0695. The van der Waals surface area contributed by atoms with E-state index >= 15 is 4.79 Å². The van der Waals surface area contributed by atoms with Crippen LogP contribution in [0.2, 0.25) is 0 Å². The molecule has 3 heterocycles. The van der Waals surface area contributed by atoms with Crippen molar-refractivity contribution in [2.24, 2.45) is 39.6 Å². The number of fused-ring (bicyclic) bond motifs is 5. The Morgan fingerprint density at radius 2 is 1.73 bits per heavy atom. The Balaban J connectivity index is 1.22. The molecule has 416 valence electrons. The van der Waals surface area contributed by atoms with Crippen molar-refractivity contribution in [1.29, 1.82) is 0 Å². The Kier molecular flexibility index (Phi) is 18.2. The predicted molar refractivity (Wildman–Crippen MR) is 302 cm³/mol. The molecular formula is C63H80N6O9. The summed E-state index contributed by atoms with van der Waals surface area (Å²) < 4.78 is 0. The van der Waals surface area contributed by atoms with Crippen LogP contribution in [0.3, 0.4) is 0 Å². The highest BCUT2D eigenvalue weighted by molar-refractivity contribution is 5.98. The molecule has 3 aliphatic heterocycles. The molecule has 78 heavy (non-hydrogen) atoms. The fourth-order valence-corrected chi connectivity index (χ4v) is 13.4. The van der Waals surface area contributed by atoms with Gasteiger partial charge in [-0.05, 0) is 154 Å². The molecule has 3 aromatic rings. The number of aromatic hydroxyl groups is 1. The molecule has 2 fully saturated rings. The van der Waals surface area contributed by atoms with Gasteiger partial charge in [0.25, 0.3) is 0 Å². The molecule has 14 N–H and O–H groups in total. The van der Waals surface area contributed by atoms with Crippen molar-refractivity contribution >= 4 is 17.6 Å². The van der Waals surface area contributed by atoms with E-state index in [1.807, 2.05) is 74.5 Å². The normalized spacial score (nSPS) is 32.4. The van der Waals surface area contributed by atoms with Gasteiger partial charge in [-0.25, -0.2) is 0 Å². The van der Waals surface area contributed by atoms with Gasteiger partial charge >= 0.3 is 0 Å². The number of hydrogen-bond acceptors (Lipinski definition) is 14. The summed E-state index contributed by atoms with van der Waals surface area (Å²) in [6, 6.07) is 21.8. The van der Waals surface area contributed by atoms with Crippen LogP contribution in [0.15, 0.2) is 130 Å². The van der Waals surface area contributed by atoms with Gasteiger partial charge in [-0.2, -0.15) is 4.99 Å². The van der Waals surface area contributed by atoms with Gasteiger partial charge in [0.2, 0.25) is 11.9 Å². The number of carbonyl (C=O) groups excluding carboxylic acids is 2. The maximum atomic E-state index is 15.1. The molecule has 0 saturated heterocycles. The minimum atomic E-state index is -1.65. The van der Waals surface area contributed by atoms with Crippen molar-refractivity contribution in [3.05, 3.63) is 159 Å². The van der Waals surface area contributed by atoms with E-state index in [9.17, 15) is 40.5 Å². The van der Waals surface area contributed by atoms with Crippen molar-refractivity contribution in [3.63, 3.8) is 0 Å². The number of nitrogens with two attached hydrogens (primary N) is 2. The number of aliphatic hydroxyl groups excluding tert-OH is 4. The summed E-state index contributed by atoms with van der Waals surface area (Å²) in [5.41, 5.74) is 16.3. The molecule has 0 radical (unpaired) electrons. The summed E-state index contributed by atoms with van der Waals surface area (Å²) in [5.74, 6) is 0.371. The van der Waals surface area contributed by atoms with Crippen molar-refractivity contribution in [3.8, 4) is 17.7 Å². The van der Waals surface area contributed by atoms with E-state index in [0.717, 1.165) is 27.8 Å². The number of ketones is 1. The molecule has 3 aromatic carbocycles. The molecule has 15 nitrogen and oxygen atoms in total. The maximum Gasteiger partial charge on any atom is 0.243 e. The zero-order valence-electron chi connectivity index (χ0n) is 45.5. The molecule has 5 aliphatic rings. The average Bonchev–Trinajstić information content (AvgIpc) is 3.97. The Morgan fingerprint density at radius 1 is 1.00 bits per heavy atom. The van der Waals surface area contributed by atoms with Crippen LogP contribution in [0.4, 0.5) is 0 Å². The third kappa shape index (κ3) is 12.3. The first-order chi connectivity index (χ1) is 37.2. The van der Waals surface area contributed by atoms with Crippen molar-refractivity contribution in [2.45, 2.75) is 146 Å². The summed E-state index contributed by atoms with van der Waals surface area (Å²) in [6.07, 6.45) is 6.23. The second-order valence-electron chi connectivity index (χ2n) is 23.0. The van der Waals surface area contributed by atoms with E-state index < -0.39 is 76.7 Å². The lowest BCUT2D eigenvalue weighted by atomic mass is 9.52. The molecule has 1 spiro atoms. The van der Waals surface area contributed by atoms with Crippen LogP contribution in [0.5, 0.6) is 5.75 Å². The third-order valence-corrected chi connectivity index (χ3v) is 17.8. The van der Waals surface area contributed by atoms with Crippen molar-refractivity contribution < 1.29 is 45.3 Å². The van der Waals surface area contributed by atoms with Crippen molar-refractivity contribution in [2.75, 3.05) is 19.7 Å². The van der Waals surface area contributed by atoms with Crippen LogP contribution in [-0.4, -0.2) is 103 Å². The molecule has 2 bridgehead atoms. The zero-order chi connectivity index (χ0) is 56.1. The van der Waals surface area contributed by atoms with Crippen LogP contribution in [-0.2, 0) is 28.9 Å². The summed E-state index contributed by atoms with van der Waals surface area (Å²) in [5, 5.41) is 92.6. The Morgan fingerprint density at radius 3 is 2.46 bits per heavy atom. The number of carbonyl (C=O) groups is 2. The quantitative estimate of drug-likeness (QED) is 0.0751. The number of aliphatic imine (C=N–C) groups is 1. The van der Waals surface area contributed by atoms with E-state index in [1.165, 1.54) is 0 Å². The summed E-state index contributed by atoms with van der Waals surface area (Å²) >= 11 is 0. The number of phenols is 1. The molecule has 0 aromatic heterocycles. The Bertz CT molecular complexity index is 2950. The topological polar surface area (TPSA) is 276 Å². The SMILES string of the molecule is C=C(/C=C/C=C(/CO)[C@H]1CC[C@@]2([C@@H]3CC[C@@H](O)Cc4cccc(c4)C[C@@H]4[C@@H](c5ccc(O)cc5)CNC(N)=NC#CC[C@]4(O)CN[C@H]4C(=O)N[C@@H](N)c5cccc(c54)CC(=O)/C(C)=C/3CC[C@@]2(C)O)[C@@H]1O)[C@H](O)CC=C(C)C. The van der Waals surface area contributed by atoms with Crippen LogP contribution in [0, 0.1) is 35.1 Å². The van der Waals surface area contributed by atoms with Gasteiger partial charge < -0.3 is 57.8 Å². The second-order valence-corrected chi connectivity index (χ2v) is 23.0. The number of aliphatic hydroxyl groups is 6. The number of Topliss-reactive ketones (excluding diaryl/α,β-unsaturated/α-hetero) is 1. The van der Waals surface area contributed by atoms with Crippen molar-refractivity contribution in [1.82, 2.24) is 16.0 Å². The molecule has 0 unspecified atom stereocenters. The number of guanidine groups is 1. The lowest BCUT2D eigenvalue weighted by Gasteiger charge is -2.56. The van der Waals surface area contributed by atoms with Gasteiger partial charge in [0, 0.05) is 55.1 Å². The van der Waals surface area contributed by atoms with E-state index in [1.54, 1.807) is 44.2 Å². The number of allylic oxidation sites excluding steroid dienone is 5. The van der Waals surface area contributed by atoms with Gasteiger partial charge in [-0.1, -0.05) is 103 Å². The van der Waals surface area contributed by atoms with Gasteiger partial charge in [0.1, 0.15) is 18.0 Å². The number of amides is 1. The number of hydrogen-bond donors (Lipinski definition) is 12. The lowest BCUT2D eigenvalue weighted by Crippen LogP contribution is -2.59. The standard InChI is InChI=1S/C63H80N6O9/c1-37(2)16-23-53(73)38(3)10-6-14-44(35-70)48-25-28-63(57(48)75)51-22-21-46(72)31-40-11-7-12-41(30-40)32-52-50(42-17-19-45(71)20-18-42)34-67-60(65)66-29-9-26-62(52,78)36-68-56-55-43(13-8-15-49(55)58(64)69-59(56)76)33-54(74)39(4)47(51)24-27-61(63,5)77/h6-8,10-20,30,46,48,50-53,56-58,68,70-73,75,77-78H,3,21-28,31-36,64H2,1-2,4-5H3,(H,69,76)(H3,65,66,67)/b10-6+,44-14-,47-39+/t46-,48-,50-,51-,52-,53-,56-,57-,58-,61-,62+,63-/m1/s1. The molecule has 2 saturated carbocycles. The van der Waals surface area contributed by atoms with E-state index in [0.29, 0.717) is 71.9 Å². The Labute approximate surface area is 459 Å². The molecule has 1 amide bonds. The highest BCUT2D eigenvalue weighted by Crippen LogP contribution is 2.63. The first-order valence-corrected chi connectivity index (χ1v) is 27.5. The third-order valence-electron chi connectivity index (χ3n) is 17.8. The van der Waals surface area contributed by atoms with Crippen LogP contribution in [0.25, 0.3) is 0 Å². The van der Waals surface area contributed by atoms with E-state index in [-0.39, 0.29) is 69.3 Å². The molecule has 2 aliphatic carbocycles. The minimum Gasteiger partial charge on any atom is -0.508 e. The average molecular weight is 1070 g/mol. The molecular weight excluding hydrogens is 985 g/mol. The van der Waals surface area contributed by atoms with E-state index in [4.69, 9.17) is 11.5 Å². The number of β-amino-alcohol motifs (C(OH)–C–C–N with tert-alkyl or cyclic N) is 1. The fraction of sp³-hybridized carbons (Fsp3) is 0.476. The second kappa shape index (κ2) is 24.4. The first kappa shape index (κ1) is 58.0. The smallest absolute Gasteiger partial charge is 0.243 e. The predicted octanol–water partition coefficient (Wildman–Crippen LogP) is 5.54. The van der Waals surface area contributed by atoms with Gasteiger partial charge in [0.05, 0.1) is 36.1 Å². The largest absolute Gasteiger partial charge is 0.508 e. The fourth-order valence-electron chi connectivity index (χ4n) is 13.4. The lowest BCUT2D eigenvalue weighted by molar-refractivity contribution is -0.168. The molecule has 15 heteroatoms. The monoisotopic (exact) mass is 1060 g/mol. The molecule has 12 atom stereocenters. The summed E-state index contributed by atoms with van der Waals surface area (Å²) in [7, 11) is 0. The van der Waals surface area contributed by atoms with Crippen LogP contribution < -0.4 is 27.4 Å². The van der Waals surface area contributed by atoms with Crippen LogP contribution >= 0.6 is 0 Å². The summed E-state index contributed by atoms with van der Waals surface area (Å²) in [4.78, 5) is 33.7. The highest BCUT2D eigenvalue weighted by Gasteiger charge is 2.64.